The molecule has 0 amide bonds. The van der Waals surface area contributed by atoms with Crippen molar-refractivity contribution in [3.05, 3.63) is 23.9 Å². The normalized spacial score (nSPS) is 13.9. The lowest BCUT2D eigenvalue weighted by atomic mass is 10.3. The lowest BCUT2D eigenvalue weighted by molar-refractivity contribution is 0.143. The molecule has 2 rings (SSSR count). The summed E-state index contributed by atoms with van der Waals surface area (Å²) in [5.41, 5.74) is 1.10. The summed E-state index contributed by atoms with van der Waals surface area (Å²) in [6.07, 6.45) is 6.56. The molecule has 25 heavy (non-hydrogen) atoms. The van der Waals surface area contributed by atoms with Crippen LogP contribution in [0.3, 0.4) is 0 Å². The first kappa shape index (κ1) is 22.0. The zero-order valence-electron chi connectivity index (χ0n) is 15.3. The molecule has 0 atom stereocenters. The summed E-state index contributed by atoms with van der Waals surface area (Å²) >= 11 is 0. The van der Waals surface area contributed by atoms with E-state index in [1.165, 1.54) is 12.8 Å². The van der Waals surface area contributed by atoms with Gasteiger partial charge in [-0.2, -0.15) is 0 Å². The molecular formula is C18H31IN4O2. The van der Waals surface area contributed by atoms with Gasteiger partial charge in [-0.3, -0.25) is 4.99 Å². The fraction of sp³-hybridized carbons (Fsp3) is 0.667. The van der Waals surface area contributed by atoms with Crippen molar-refractivity contribution in [1.82, 2.24) is 15.6 Å². The standard InChI is InChI=1S/C18H30N4O2.HI/c1-3-23-11-5-4-10-20-18(19-2)22-13-16-8-9-17(21-12-16)24-14-15-6-7-15;/h8-9,12,15H,3-7,10-11,13-14H2,1-2H3,(H2,19,20,22);1H. The van der Waals surface area contributed by atoms with Crippen LogP contribution in [0.25, 0.3) is 0 Å². The third-order valence-electron chi connectivity index (χ3n) is 3.86. The second-order valence-corrected chi connectivity index (χ2v) is 6.02. The molecule has 0 unspecified atom stereocenters. The van der Waals surface area contributed by atoms with Gasteiger partial charge in [-0.15, -0.1) is 24.0 Å². The maximum Gasteiger partial charge on any atom is 0.213 e. The number of unbranched alkanes of at least 4 members (excludes halogenated alkanes) is 1. The second-order valence-electron chi connectivity index (χ2n) is 6.02. The SMILES string of the molecule is CCOCCCCNC(=NC)NCc1ccc(OCC2CC2)nc1.I. The lowest BCUT2D eigenvalue weighted by Gasteiger charge is -2.12. The first-order valence-corrected chi connectivity index (χ1v) is 8.91. The van der Waals surface area contributed by atoms with Gasteiger partial charge in [0.05, 0.1) is 6.61 Å². The van der Waals surface area contributed by atoms with Crippen LogP contribution in [0.5, 0.6) is 5.88 Å². The fourth-order valence-electron chi connectivity index (χ4n) is 2.18. The average molecular weight is 462 g/mol. The quantitative estimate of drug-likeness (QED) is 0.229. The monoisotopic (exact) mass is 462 g/mol. The van der Waals surface area contributed by atoms with Gasteiger partial charge < -0.3 is 20.1 Å². The van der Waals surface area contributed by atoms with Crippen LogP contribution in [-0.4, -0.2) is 44.4 Å². The first-order chi connectivity index (χ1) is 11.8. The lowest BCUT2D eigenvalue weighted by Crippen LogP contribution is -2.37. The predicted octanol–water partition coefficient (Wildman–Crippen LogP) is 2.97. The Bertz CT molecular complexity index is 492. The zero-order valence-corrected chi connectivity index (χ0v) is 17.6. The van der Waals surface area contributed by atoms with Crippen molar-refractivity contribution in [2.45, 2.75) is 39.2 Å². The molecule has 0 bridgehead atoms. The summed E-state index contributed by atoms with van der Waals surface area (Å²) < 4.78 is 11.0. The van der Waals surface area contributed by atoms with Gasteiger partial charge >= 0.3 is 0 Å². The number of hydrogen-bond acceptors (Lipinski definition) is 4. The largest absolute Gasteiger partial charge is 0.477 e. The summed E-state index contributed by atoms with van der Waals surface area (Å²) in [4.78, 5) is 8.58. The fourth-order valence-corrected chi connectivity index (χ4v) is 2.18. The molecule has 1 aromatic heterocycles. The highest BCUT2D eigenvalue weighted by Gasteiger charge is 2.21. The highest BCUT2D eigenvalue weighted by Crippen LogP contribution is 2.29. The molecule has 1 fully saturated rings. The molecule has 0 radical (unpaired) electrons. The highest BCUT2D eigenvalue weighted by atomic mass is 127. The van der Waals surface area contributed by atoms with E-state index < -0.39 is 0 Å². The van der Waals surface area contributed by atoms with Gasteiger partial charge in [0.1, 0.15) is 0 Å². The Balaban J connectivity index is 0.00000312. The van der Waals surface area contributed by atoms with Crippen LogP contribution >= 0.6 is 24.0 Å². The summed E-state index contributed by atoms with van der Waals surface area (Å²) in [6, 6.07) is 3.97. The Labute approximate surface area is 168 Å². The molecular weight excluding hydrogens is 431 g/mol. The van der Waals surface area contributed by atoms with Gasteiger partial charge in [0.2, 0.25) is 5.88 Å². The van der Waals surface area contributed by atoms with Crippen LogP contribution in [-0.2, 0) is 11.3 Å². The molecule has 1 heterocycles. The van der Waals surface area contributed by atoms with Crippen LogP contribution in [0, 0.1) is 5.92 Å². The predicted molar refractivity (Wildman–Crippen MR) is 112 cm³/mol. The van der Waals surface area contributed by atoms with Crippen LogP contribution < -0.4 is 15.4 Å². The molecule has 6 nitrogen and oxygen atoms in total. The van der Waals surface area contributed by atoms with Crippen molar-refractivity contribution in [3.8, 4) is 5.88 Å². The van der Waals surface area contributed by atoms with Crippen LogP contribution in [0.15, 0.2) is 23.3 Å². The van der Waals surface area contributed by atoms with Gasteiger partial charge in [0.25, 0.3) is 0 Å². The zero-order chi connectivity index (χ0) is 17.0. The summed E-state index contributed by atoms with van der Waals surface area (Å²) in [5, 5.41) is 6.60. The Morgan fingerprint density at radius 3 is 2.76 bits per heavy atom. The van der Waals surface area contributed by atoms with E-state index >= 15 is 0 Å². The topological polar surface area (TPSA) is 67.8 Å². The summed E-state index contributed by atoms with van der Waals surface area (Å²) in [6.45, 7) is 6.00. The smallest absolute Gasteiger partial charge is 0.213 e. The van der Waals surface area contributed by atoms with Gasteiger partial charge in [0.15, 0.2) is 5.96 Å². The van der Waals surface area contributed by atoms with E-state index in [-0.39, 0.29) is 24.0 Å². The second kappa shape index (κ2) is 13.2. The maximum absolute atomic E-state index is 5.65. The van der Waals surface area contributed by atoms with Gasteiger partial charge in [-0.05, 0) is 44.1 Å². The van der Waals surface area contributed by atoms with Crippen LogP contribution in [0.2, 0.25) is 0 Å². The Morgan fingerprint density at radius 2 is 2.12 bits per heavy atom. The van der Waals surface area contributed by atoms with E-state index in [2.05, 4.69) is 20.6 Å². The van der Waals surface area contributed by atoms with Crippen molar-refractivity contribution >= 4 is 29.9 Å². The van der Waals surface area contributed by atoms with Crippen molar-refractivity contribution in [2.24, 2.45) is 10.9 Å². The van der Waals surface area contributed by atoms with Crippen LogP contribution in [0.1, 0.15) is 38.2 Å². The number of aliphatic imine (C=N–C) groups is 1. The number of rotatable bonds is 11. The number of aromatic nitrogens is 1. The van der Waals surface area contributed by atoms with E-state index in [4.69, 9.17) is 9.47 Å². The number of ether oxygens (including phenoxy) is 2. The van der Waals surface area contributed by atoms with Crippen molar-refractivity contribution in [3.63, 3.8) is 0 Å². The van der Waals surface area contributed by atoms with E-state index in [1.807, 2.05) is 25.3 Å². The number of nitrogens with one attached hydrogen (secondary N) is 2. The van der Waals surface area contributed by atoms with Gasteiger partial charge in [-0.25, -0.2) is 4.98 Å². The average Bonchev–Trinajstić information content (AvgIpc) is 3.44. The molecule has 2 N–H and O–H groups in total. The van der Waals surface area contributed by atoms with E-state index in [0.29, 0.717) is 12.4 Å². The third kappa shape index (κ3) is 9.84. The molecule has 0 aromatic carbocycles. The number of halogens is 1. The molecule has 1 aliphatic carbocycles. The molecule has 1 aliphatic rings. The number of pyridine rings is 1. The Hall–Kier alpha value is -1.09. The van der Waals surface area contributed by atoms with Gasteiger partial charge in [-0.1, -0.05) is 6.07 Å². The van der Waals surface area contributed by atoms with E-state index in [0.717, 1.165) is 56.6 Å². The number of guanidine groups is 1. The molecule has 0 aliphatic heterocycles. The Kier molecular flexibility index (Phi) is 11.6. The minimum Gasteiger partial charge on any atom is -0.477 e. The Morgan fingerprint density at radius 1 is 1.28 bits per heavy atom. The first-order valence-electron chi connectivity index (χ1n) is 8.91. The maximum atomic E-state index is 5.65. The van der Waals surface area contributed by atoms with Crippen molar-refractivity contribution in [2.75, 3.05) is 33.4 Å². The summed E-state index contributed by atoms with van der Waals surface area (Å²) in [7, 11) is 1.78. The van der Waals surface area contributed by atoms with Crippen LogP contribution in [0.4, 0.5) is 0 Å². The number of hydrogen-bond donors (Lipinski definition) is 2. The molecule has 1 aromatic rings. The van der Waals surface area contributed by atoms with E-state index in [9.17, 15) is 0 Å². The molecule has 0 saturated heterocycles. The number of nitrogens with zero attached hydrogens (tertiary/aromatic N) is 2. The van der Waals surface area contributed by atoms with Crippen molar-refractivity contribution in [1.29, 1.82) is 0 Å². The highest BCUT2D eigenvalue weighted by molar-refractivity contribution is 14.0. The molecule has 7 heteroatoms. The van der Waals surface area contributed by atoms with Crippen molar-refractivity contribution < 1.29 is 9.47 Å². The minimum atomic E-state index is 0. The van der Waals surface area contributed by atoms with E-state index in [1.54, 1.807) is 7.05 Å². The third-order valence-corrected chi connectivity index (χ3v) is 3.86. The molecule has 0 spiro atoms. The molecule has 1 saturated carbocycles. The van der Waals surface area contributed by atoms with Gasteiger partial charge in [0, 0.05) is 45.6 Å². The summed E-state index contributed by atoms with van der Waals surface area (Å²) in [5.74, 6) is 2.26. The molecule has 142 valence electrons. The minimum absolute atomic E-state index is 0.